The monoisotopic (exact) mass is 281 g/mol. The second kappa shape index (κ2) is 5.33. The first-order valence-electron chi connectivity index (χ1n) is 6.07. The summed E-state index contributed by atoms with van der Waals surface area (Å²) in [6.07, 6.45) is 2.69. The second-order valence-corrected chi connectivity index (χ2v) is 5.44. The molecule has 2 rings (SSSR count). The Morgan fingerprint density at radius 1 is 1.31 bits per heavy atom. The van der Waals surface area contributed by atoms with Gasteiger partial charge in [-0.2, -0.15) is 0 Å². The summed E-state index contributed by atoms with van der Waals surface area (Å²) in [6, 6.07) is 7.34. The van der Waals surface area contributed by atoms with E-state index in [9.17, 15) is 0 Å². The Kier molecular flexibility index (Phi) is 4.04. The number of benzene rings is 1. The van der Waals surface area contributed by atoms with Gasteiger partial charge in [-0.1, -0.05) is 34.1 Å². The quantitative estimate of drug-likeness (QED) is 0.765. The molecule has 0 saturated carbocycles. The van der Waals surface area contributed by atoms with Crippen LogP contribution in [-0.4, -0.2) is 22.8 Å². The minimum Gasteiger partial charge on any atom is -0.295 e. The molecule has 1 unspecified atom stereocenters. The molecule has 88 valence electrons. The Morgan fingerprint density at radius 2 is 2.00 bits per heavy atom. The summed E-state index contributed by atoms with van der Waals surface area (Å²) in [5.41, 5.74) is 4.38. The molecule has 1 nitrogen and oxygen atoms in total. The second-order valence-electron chi connectivity index (χ2n) is 4.79. The first-order valence-corrected chi connectivity index (χ1v) is 7.19. The fraction of sp³-hybridized carbons (Fsp3) is 0.571. The molecule has 16 heavy (non-hydrogen) atoms. The lowest BCUT2D eigenvalue weighted by Crippen LogP contribution is -2.30. The van der Waals surface area contributed by atoms with Gasteiger partial charge in [-0.3, -0.25) is 4.90 Å². The summed E-state index contributed by atoms with van der Waals surface area (Å²) in [4.78, 5) is 2.62. The minimum atomic E-state index is 0.735. The maximum atomic E-state index is 3.63. The molecule has 1 fully saturated rings. The summed E-state index contributed by atoms with van der Waals surface area (Å²) in [7, 11) is 0. The van der Waals surface area contributed by atoms with E-state index in [1.165, 1.54) is 36.1 Å². The summed E-state index contributed by atoms with van der Waals surface area (Å²) in [5, 5.41) is 1.11. The van der Waals surface area contributed by atoms with E-state index >= 15 is 0 Å². The number of alkyl halides is 1. The molecule has 0 radical (unpaired) electrons. The Hall–Kier alpha value is -0.340. The zero-order valence-electron chi connectivity index (χ0n) is 10.2. The Bertz CT molecular complexity index is 342. The van der Waals surface area contributed by atoms with Crippen LogP contribution >= 0.6 is 15.9 Å². The highest BCUT2D eigenvalue weighted by Crippen LogP contribution is 2.24. The topological polar surface area (TPSA) is 3.24 Å². The zero-order valence-corrected chi connectivity index (χ0v) is 11.8. The summed E-state index contributed by atoms with van der Waals surface area (Å²) < 4.78 is 0. The third-order valence-corrected chi connectivity index (χ3v) is 4.43. The first kappa shape index (κ1) is 12.1. The van der Waals surface area contributed by atoms with Crippen LogP contribution in [0.5, 0.6) is 0 Å². The van der Waals surface area contributed by atoms with Crippen molar-refractivity contribution < 1.29 is 0 Å². The SMILES string of the molecule is Cc1cccc(C)c1CN1CCCC1CBr. The molecule has 0 aromatic heterocycles. The fourth-order valence-corrected chi connectivity index (χ4v) is 3.31. The molecule has 1 saturated heterocycles. The van der Waals surface area contributed by atoms with Gasteiger partial charge in [0.05, 0.1) is 0 Å². The molecule has 0 aliphatic carbocycles. The van der Waals surface area contributed by atoms with Crippen molar-refractivity contribution in [3.63, 3.8) is 0 Å². The maximum Gasteiger partial charge on any atom is 0.0242 e. The van der Waals surface area contributed by atoms with Gasteiger partial charge in [0.25, 0.3) is 0 Å². The number of aryl methyl sites for hydroxylation is 2. The lowest BCUT2D eigenvalue weighted by molar-refractivity contribution is 0.264. The number of rotatable bonds is 3. The van der Waals surface area contributed by atoms with Crippen LogP contribution < -0.4 is 0 Å². The van der Waals surface area contributed by atoms with E-state index in [0.29, 0.717) is 0 Å². The Balaban J connectivity index is 2.14. The van der Waals surface area contributed by atoms with Crippen molar-refractivity contribution in [3.8, 4) is 0 Å². The number of nitrogens with zero attached hydrogens (tertiary/aromatic N) is 1. The molecule has 1 aromatic rings. The predicted octanol–water partition coefficient (Wildman–Crippen LogP) is 3.66. The largest absolute Gasteiger partial charge is 0.295 e. The normalized spacial score (nSPS) is 21.6. The highest BCUT2D eigenvalue weighted by Gasteiger charge is 2.23. The van der Waals surface area contributed by atoms with Gasteiger partial charge < -0.3 is 0 Å². The number of likely N-dealkylation sites (tertiary alicyclic amines) is 1. The molecular weight excluding hydrogens is 262 g/mol. The van der Waals surface area contributed by atoms with Crippen LogP contribution in [-0.2, 0) is 6.54 Å². The van der Waals surface area contributed by atoms with Crippen molar-refractivity contribution in [2.24, 2.45) is 0 Å². The summed E-state index contributed by atoms with van der Waals surface area (Å²) >= 11 is 3.63. The Labute approximate surface area is 107 Å². The van der Waals surface area contributed by atoms with Crippen LogP contribution in [0, 0.1) is 13.8 Å². The molecular formula is C14H20BrN. The van der Waals surface area contributed by atoms with E-state index in [2.05, 4.69) is 52.9 Å². The lowest BCUT2D eigenvalue weighted by Gasteiger charge is -2.24. The highest BCUT2D eigenvalue weighted by atomic mass is 79.9. The van der Waals surface area contributed by atoms with Crippen LogP contribution in [0.4, 0.5) is 0 Å². The van der Waals surface area contributed by atoms with Crippen molar-refractivity contribution >= 4 is 15.9 Å². The minimum absolute atomic E-state index is 0.735. The van der Waals surface area contributed by atoms with Crippen molar-refractivity contribution in [2.45, 2.75) is 39.3 Å². The maximum absolute atomic E-state index is 3.63. The molecule has 0 N–H and O–H groups in total. The van der Waals surface area contributed by atoms with Gasteiger partial charge in [0, 0.05) is 17.9 Å². The van der Waals surface area contributed by atoms with E-state index in [0.717, 1.165) is 17.9 Å². The van der Waals surface area contributed by atoms with Crippen LogP contribution in [0.2, 0.25) is 0 Å². The van der Waals surface area contributed by atoms with Crippen LogP contribution in [0.1, 0.15) is 29.5 Å². The van der Waals surface area contributed by atoms with Gasteiger partial charge in [0.15, 0.2) is 0 Å². The summed E-state index contributed by atoms with van der Waals surface area (Å²) in [5.74, 6) is 0. The molecule has 1 aliphatic heterocycles. The van der Waals surface area contributed by atoms with Crippen molar-refractivity contribution in [2.75, 3.05) is 11.9 Å². The van der Waals surface area contributed by atoms with Gasteiger partial charge in [-0.05, 0) is 49.9 Å². The molecule has 0 amide bonds. The molecule has 1 aliphatic rings. The fourth-order valence-electron chi connectivity index (χ4n) is 2.58. The van der Waals surface area contributed by atoms with Crippen LogP contribution in [0.3, 0.4) is 0 Å². The number of hydrogen-bond donors (Lipinski definition) is 0. The van der Waals surface area contributed by atoms with E-state index in [1.807, 2.05) is 0 Å². The predicted molar refractivity (Wildman–Crippen MR) is 73.1 cm³/mol. The molecule has 1 atom stereocenters. The highest BCUT2D eigenvalue weighted by molar-refractivity contribution is 9.09. The number of hydrogen-bond acceptors (Lipinski definition) is 1. The molecule has 0 spiro atoms. The van der Waals surface area contributed by atoms with Crippen molar-refractivity contribution in [1.29, 1.82) is 0 Å². The average molecular weight is 282 g/mol. The smallest absolute Gasteiger partial charge is 0.0242 e. The molecule has 0 bridgehead atoms. The average Bonchev–Trinajstić information content (AvgIpc) is 2.71. The van der Waals surface area contributed by atoms with E-state index in [4.69, 9.17) is 0 Å². The molecule has 1 heterocycles. The van der Waals surface area contributed by atoms with E-state index < -0.39 is 0 Å². The van der Waals surface area contributed by atoms with Crippen molar-refractivity contribution in [3.05, 3.63) is 34.9 Å². The third kappa shape index (κ3) is 2.49. The third-order valence-electron chi connectivity index (χ3n) is 3.68. The van der Waals surface area contributed by atoms with Gasteiger partial charge >= 0.3 is 0 Å². The van der Waals surface area contributed by atoms with Gasteiger partial charge in [0.2, 0.25) is 0 Å². The van der Waals surface area contributed by atoms with E-state index in [-0.39, 0.29) is 0 Å². The molecule has 2 heteroatoms. The molecule has 1 aromatic carbocycles. The van der Waals surface area contributed by atoms with Crippen LogP contribution in [0.25, 0.3) is 0 Å². The standard InChI is InChI=1S/C14H20BrN/c1-11-5-3-6-12(2)14(11)10-16-8-4-7-13(16)9-15/h3,5-6,13H,4,7-10H2,1-2H3. The van der Waals surface area contributed by atoms with Crippen molar-refractivity contribution in [1.82, 2.24) is 4.90 Å². The number of halogens is 1. The van der Waals surface area contributed by atoms with Crippen LogP contribution in [0.15, 0.2) is 18.2 Å². The Morgan fingerprint density at radius 3 is 2.62 bits per heavy atom. The zero-order chi connectivity index (χ0) is 11.5. The first-order chi connectivity index (χ1) is 7.72. The lowest BCUT2D eigenvalue weighted by atomic mass is 10.0. The van der Waals surface area contributed by atoms with E-state index in [1.54, 1.807) is 0 Å². The van der Waals surface area contributed by atoms with Gasteiger partial charge in [0.1, 0.15) is 0 Å². The summed E-state index contributed by atoms with van der Waals surface area (Å²) in [6.45, 7) is 6.82. The van der Waals surface area contributed by atoms with Gasteiger partial charge in [-0.25, -0.2) is 0 Å². The van der Waals surface area contributed by atoms with Gasteiger partial charge in [-0.15, -0.1) is 0 Å².